The highest BCUT2D eigenvalue weighted by molar-refractivity contribution is 6.35. The molecule has 1 aromatic carbocycles. The van der Waals surface area contributed by atoms with Gasteiger partial charge in [0.1, 0.15) is 5.60 Å². The molecule has 0 aliphatic rings. The Morgan fingerprint density at radius 3 is 2.81 bits per heavy atom. The monoisotopic (exact) mass is 309 g/mol. The summed E-state index contributed by atoms with van der Waals surface area (Å²) in [5, 5.41) is 10.2. The molecule has 1 heterocycles. The molecule has 0 radical (unpaired) electrons. The number of carbonyl (C=O) groups is 1. The van der Waals surface area contributed by atoms with Crippen LogP contribution < -0.4 is 10.9 Å². The topological polar surface area (TPSA) is 84.1 Å². The predicted molar refractivity (Wildman–Crippen MR) is 80.4 cm³/mol. The van der Waals surface area contributed by atoms with E-state index in [1.54, 1.807) is 39.0 Å². The lowest BCUT2D eigenvalue weighted by Crippen LogP contribution is -2.32. The average Bonchev–Trinajstić information content (AvgIpc) is 2.36. The van der Waals surface area contributed by atoms with Crippen LogP contribution in [0.3, 0.4) is 0 Å². The maximum Gasteiger partial charge on any atom is 0.407 e. The van der Waals surface area contributed by atoms with Gasteiger partial charge in [0.25, 0.3) is 5.56 Å². The van der Waals surface area contributed by atoms with Crippen LogP contribution in [0.25, 0.3) is 10.8 Å². The van der Waals surface area contributed by atoms with Gasteiger partial charge >= 0.3 is 6.09 Å². The summed E-state index contributed by atoms with van der Waals surface area (Å²) in [6.45, 7) is 5.46. The molecule has 1 aromatic heterocycles. The maximum atomic E-state index is 11.8. The van der Waals surface area contributed by atoms with Crippen LogP contribution in [0.5, 0.6) is 0 Å². The SMILES string of the molecule is CC(C)(C)OC(=O)NCc1n[nH]c(=O)c2c(Cl)cccc12. The third-order valence-corrected chi connectivity index (χ3v) is 2.96. The summed E-state index contributed by atoms with van der Waals surface area (Å²) in [5.74, 6) is 0. The second-order valence-corrected chi connectivity index (χ2v) is 5.92. The van der Waals surface area contributed by atoms with Crippen LogP contribution >= 0.6 is 11.6 Å². The van der Waals surface area contributed by atoms with Crippen LogP contribution in [0.4, 0.5) is 4.79 Å². The van der Waals surface area contributed by atoms with E-state index in [0.717, 1.165) is 0 Å². The number of carbonyl (C=O) groups excluding carboxylic acids is 1. The number of fused-ring (bicyclic) bond motifs is 1. The molecule has 0 saturated carbocycles. The number of alkyl carbamates (subject to hydrolysis) is 1. The zero-order valence-electron chi connectivity index (χ0n) is 12.0. The highest BCUT2D eigenvalue weighted by atomic mass is 35.5. The highest BCUT2D eigenvalue weighted by Gasteiger charge is 2.16. The first-order chi connectivity index (χ1) is 9.78. The van der Waals surface area contributed by atoms with E-state index < -0.39 is 11.7 Å². The Hall–Kier alpha value is -2.08. The van der Waals surface area contributed by atoms with E-state index in [-0.39, 0.29) is 12.1 Å². The molecule has 2 N–H and O–H groups in total. The third kappa shape index (κ3) is 3.72. The molecule has 0 fully saturated rings. The van der Waals surface area contributed by atoms with Crippen LogP contribution in [0.15, 0.2) is 23.0 Å². The Labute approximate surface area is 126 Å². The normalized spacial score (nSPS) is 11.4. The van der Waals surface area contributed by atoms with Crippen LogP contribution in [-0.2, 0) is 11.3 Å². The summed E-state index contributed by atoms with van der Waals surface area (Å²) < 4.78 is 5.14. The van der Waals surface area contributed by atoms with Crippen molar-refractivity contribution in [1.82, 2.24) is 15.5 Å². The molecule has 6 nitrogen and oxygen atoms in total. The number of H-pyrrole nitrogens is 1. The molecular formula is C14H16ClN3O3. The minimum atomic E-state index is -0.576. The number of amides is 1. The average molecular weight is 310 g/mol. The van der Waals surface area contributed by atoms with Crippen molar-refractivity contribution in [2.24, 2.45) is 0 Å². The first kappa shape index (κ1) is 15.3. The molecule has 0 bridgehead atoms. The minimum Gasteiger partial charge on any atom is -0.444 e. The molecule has 0 unspecified atom stereocenters. The van der Waals surface area contributed by atoms with E-state index in [2.05, 4.69) is 15.5 Å². The van der Waals surface area contributed by atoms with E-state index in [0.29, 0.717) is 21.5 Å². The number of nitrogens with zero attached hydrogens (tertiary/aromatic N) is 1. The van der Waals surface area contributed by atoms with Gasteiger partial charge in [0.2, 0.25) is 0 Å². The van der Waals surface area contributed by atoms with Gasteiger partial charge in [0.15, 0.2) is 0 Å². The van der Waals surface area contributed by atoms with Crippen molar-refractivity contribution in [1.29, 1.82) is 0 Å². The van der Waals surface area contributed by atoms with Gasteiger partial charge in [-0.3, -0.25) is 4.79 Å². The molecular weight excluding hydrogens is 294 g/mol. The van der Waals surface area contributed by atoms with Gasteiger partial charge in [-0.05, 0) is 26.8 Å². The van der Waals surface area contributed by atoms with Gasteiger partial charge in [-0.2, -0.15) is 5.10 Å². The van der Waals surface area contributed by atoms with Gasteiger partial charge in [-0.15, -0.1) is 0 Å². The summed E-state index contributed by atoms with van der Waals surface area (Å²) in [4.78, 5) is 23.4. The second-order valence-electron chi connectivity index (χ2n) is 5.52. The zero-order chi connectivity index (χ0) is 15.6. The molecule has 0 atom stereocenters. The van der Waals surface area contributed by atoms with E-state index in [1.807, 2.05) is 0 Å². The molecule has 7 heteroatoms. The molecule has 2 aromatic rings. The van der Waals surface area contributed by atoms with Crippen molar-refractivity contribution in [3.05, 3.63) is 39.3 Å². The van der Waals surface area contributed by atoms with Crippen molar-refractivity contribution in [3.8, 4) is 0 Å². The Morgan fingerprint density at radius 1 is 1.43 bits per heavy atom. The van der Waals surface area contributed by atoms with E-state index >= 15 is 0 Å². The first-order valence-electron chi connectivity index (χ1n) is 6.40. The number of ether oxygens (including phenoxy) is 1. The zero-order valence-corrected chi connectivity index (χ0v) is 12.7. The Kier molecular flexibility index (Phi) is 4.18. The number of benzene rings is 1. The molecule has 0 aliphatic heterocycles. The number of nitrogens with one attached hydrogen (secondary N) is 2. The van der Waals surface area contributed by atoms with Crippen molar-refractivity contribution in [2.45, 2.75) is 32.9 Å². The number of aromatic amines is 1. The van der Waals surface area contributed by atoms with Gasteiger partial charge in [-0.1, -0.05) is 23.7 Å². The van der Waals surface area contributed by atoms with E-state index in [9.17, 15) is 9.59 Å². The fourth-order valence-electron chi connectivity index (χ4n) is 1.83. The second kappa shape index (κ2) is 5.73. The quantitative estimate of drug-likeness (QED) is 0.893. The van der Waals surface area contributed by atoms with E-state index in [4.69, 9.17) is 16.3 Å². The Morgan fingerprint density at radius 2 is 2.14 bits per heavy atom. The minimum absolute atomic E-state index is 0.128. The molecule has 0 aliphatic carbocycles. The van der Waals surface area contributed by atoms with E-state index in [1.165, 1.54) is 0 Å². The molecule has 0 spiro atoms. The lowest BCUT2D eigenvalue weighted by atomic mass is 10.1. The number of hydrogen-bond donors (Lipinski definition) is 2. The van der Waals surface area contributed by atoms with Crippen LogP contribution in [0.2, 0.25) is 5.02 Å². The number of halogens is 1. The van der Waals surface area contributed by atoms with Gasteiger partial charge in [0, 0.05) is 5.39 Å². The largest absolute Gasteiger partial charge is 0.444 e. The molecule has 0 saturated heterocycles. The van der Waals surface area contributed by atoms with Gasteiger partial charge in [-0.25, -0.2) is 9.89 Å². The van der Waals surface area contributed by atoms with Crippen LogP contribution in [0, 0.1) is 0 Å². The summed E-state index contributed by atoms with van der Waals surface area (Å²) in [7, 11) is 0. The Balaban J connectivity index is 2.24. The van der Waals surface area contributed by atoms with Gasteiger partial charge < -0.3 is 10.1 Å². The number of aromatic nitrogens is 2. The van der Waals surface area contributed by atoms with Crippen molar-refractivity contribution in [2.75, 3.05) is 0 Å². The summed E-state index contributed by atoms with van der Waals surface area (Å²) >= 11 is 6.02. The van der Waals surface area contributed by atoms with Crippen molar-refractivity contribution in [3.63, 3.8) is 0 Å². The standard InChI is InChI=1S/C14H16ClN3O3/c1-14(2,3)21-13(20)16-7-10-8-5-4-6-9(15)11(8)12(19)18-17-10/h4-6H,7H2,1-3H3,(H,16,20)(H,18,19). The lowest BCUT2D eigenvalue weighted by Gasteiger charge is -2.19. The van der Waals surface area contributed by atoms with Crippen LogP contribution in [-0.4, -0.2) is 21.9 Å². The molecule has 112 valence electrons. The van der Waals surface area contributed by atoms with Crippen molar-refractivity contribution < 1.29 is 9.53 Å². The smallest absolute Gasteiger partial charge is 0.407 e. The third-order valence-electron chi connectivity index (χ3n) is 2.64. The molecule has 2 rings (SSSR count). The maximum absolute atomic E-state index is 11.8. The number of rotatable bonds is 2. The fraction of sp³-hybridized carbons (Fsp3) is 0.357. The molecule has 1 amide bonds. The fourth-order valence-corrected chi connectivity index (χ4v) is 2.09. The number of hydrogen-bond acceptors (Lipinski definition) is 4. The van der Waals surface area contributed by atoms with Crippen LogP contribution in [0.1, 0.15) is 26.5 Å². The van der Waals surface area contributed by atoms with Crippen molar-refractivity contribution >= 4 is 28.5 Å². The first-order valence-corrected chi connectivity index (χ1v) is 6.78. The Bertz CT molecular complexity index is 734. The summed E-state index contributed by atoms with van der Waals surface area (Å²) in [6.07, 6.45) is -0.550. The lowest BCUT2D eigenvalue weighted by molar-refractivity contribution is 0.0523. The predicted octanol–water partition coefficient (Wildman–Crippen LogP) is 2.60. The highest BCUT2D eigenvalue weighted by Crippen LogP contribution is 2.21. The molecule has 21 heavy (non-hydrogen) atoms. The summed E-state index contributed by atoms with van der Waals surface area (Å²) in [6, 6.07) is 5.09. The summed E-state index contributed by atoms with van der Waals surface area (Å²) in [5.41, 5.74) is -0.428. The van der Waals surface area contributed by atoms with Gasteiger partial charge in [0.05, 0.1) is 22.6 Å².